The second kappa shape index (κ2) is 8.08. The molecule has 0 aliphatic carbocycles. The van der Waals surface area contributed by atoms with Crippen molar-refractivity contribution < 1.29 is 17.6 Å². The van der Waals surface area contributed by atoms with Crippen molar-refractivity contribution in [2.45, 2.75) is 6.54 Å². The predicted octanol–water partition coefficient (Wildman–Crippen LogP) is 1.08. The maximum Gasteiger partial charge on any atom is 0.319 e. The van der Waals surface area contributed by atoms with E-state index in [1.165, 1.54) is 31.0 Å². The lowest BCUT2D eigenvalue weighted by molar-refractivity contribution is 0.252. The van der Waals surface area contributed by atoms with Crippen molar-refractivity contribution in [1.82, 2.24) is 19.4 Å². The zero-order valence-electron chi connectivity index (χ0n) is 13.9. The van der Waals surface area contributed by atoms with Crippen LogP contribution in [0.5, 0.6) is 0 Å². The highest BCUT2D eigenvalue weighted by Crippen LogP contribution is 2.10. The Morgan fingerprint density at radius 1 is 1.32 bits per heavy atom. The van der Waals surface area contributed by atoms with E-state index in [0.717, 1.165) is 4.31 Å². The first-order valence-corrected chi connectivity index (χ1v) is 9.10. The van der Waals surface area contributed by atoms with E-state index in [-0.39, 0.29) is 24.7 Å². The van der Waals surface area contributed by atoms with Gasteiger partial charge in [0.05, 0.1) is 24.2 Å². The number of carbonyl (C=O) groups excluding carboxylic acids is 1. The molecule has 0 aliphatic heterocycles. The van der Waals surface area contributed by atoms with Crippen LogP contribution in [0.25, 0.3) is 0 Å². The second-order valence-corrected chi connectivity index (χ2v) is 7.80. The molecule has 25 heavy (non-hydrogen) atoms. The summed E-state index contributed by atoms with van der Waals surface area (Å²) in [5, 5.41) is 9.05. The number of nitrogens with one attached hydrogen (secondary N) is 2. The Kier molecular flexibility index (Phi) is 6.10. The van der Waals surface area contributed by atoms with Crippen LogP contribution in [0.1, 0.15) is 5.56 Å². The van der Waals surface area contributed by atoms with Gasteiger partial charge in [-0.15, -0.1) is 0 Å². The maximum atomic E-state index is 13.6. The second-order valence-electron chi connectivity index (χ2n) is 5.50. The third-order valence-electron chi connectivity index (χ3n) is 3.38. The quantitative estimate of drug-likeness (QED) is 0.763. The summed E-state index contributed by atoms with van der Waals surface area (Å²) in [5.74, 6) is -0.521. The minimum absolute atomic E-state index is 0.0181. The molecule has 0 spiro atoms. The minimum Gasteiger partial charge on any atom is -0.337 e. The van der Waals surface area contributed by atoms with E-state index < -0.39 is 16.1 Å². The van der Waals surface area contributed by atoms with Crippen molar-refractivity contribution in [2.24, 2.45) is 0 Å². The lowest BCUT2D eigenvalue weighted by atomic mass is 10.2. The highest BCUT2D eigenvalue weighted by Gasteiger charge is 2.13. The number of halogens is 1. The molecule has 2 rings (SSSR count). The van der Waals surface area contributed by atoms with Crippen molar-refractivity contribution in [3.63, 3.8) is 0 Å². The highest BCUT2D eigenvalue weighted by atomic mass is 32.2. The number of benzene rings is 1. The molecule has 0 bridgehead atoms. The molecule has 0 radical (unpaired) electrons. The summed E-state index contributed by atoms with van der Waals surface area (Å²) in [5.41, 5.74) is 0.903. The fraction of sp³-hybridized carbons (Fsp3) is 0.333. The van der Waals surface area contributed by atoms with Gasteiger partial charge in [0.1, 0.15) is 5.82 Å². The summed E-state index contributed by atoms with van der Waals surface area (Å²) in [6.45, 7) is 0.215. The topological polar surface area (TPSA) is 96.3 Å². The number of carbonyl (C=O) groups is 1. The van der Waals surface area contributed by atoms with Gasteiger partial charge in [0.15, 0.2) is 0 Å². The Bertz CT molecular complexity index is 835. The maximum absolute atomic E-state index is 13.6. The van der Waals surface area contributed by atoms with Crippen LogP contribution in [0.4, 0.5) is 14.9 Å². The van der Waals surface area contributed by atoms with Gasteiger partial charge in [-0.2, -0.15) is 5.10 Å². The van der Waals surface area contributed by atoms with Crippen molar-refractivity contribution in [1.29, 1.82) is 0 Å². The number of urea groups is 1. The number of amides is 2. The third-order valence-corrected chi connectivity index (χ3v) is 5.22. The molecule has 0 saturated heterocycles. The zero-order chi connectivity index (χ0) is 18.4. The van der Waals surface area contributed by atoms with Gasteiger partial charge in [0.2, 0.25) is 10.0 Å². The van der Waals surface area contributed by atoms with Crippen molar-refractivity contribution in [3.8, 4) is 0 Å². The van der Waals surface area contributed by atoms with Gasteiger partial charge in [-0.05, 0) is 6.07 Å². The van der Waals surface area contributed by atoms with Gasteiger partial charge in [0, 0.05) is 32.4 Å². The SMILES string of the molecule is CN(C)S(=O)(=O)CCNC(=O)Nc1cnn(Cc2ccccc2F)c1. The van der Waals surface area contributed by atoms with E-state index in [4.69, 9.17) is 0 Å². The molecule has 1 aromatic carbocycles. The van der Waals surface area contributed by atoms with Crippen LogP contribution < -0.4 is 10.6 Å². The summed E-state index contributed by atoms with van der Waals surface area (Å²) in [6.07, 6.45) is 2.99. The zero-order valence-corrected chi connectivity index (χ0v) is 14.8. The molecule has 2 amide bonds. The van der Waals surface area contributed by atoms with Crippen LogP contribution in [-0.4, -0.2) is 54.9 Å². The molecule has 0 saturated carbocycles. The number of anilines is 1. The first-order chi connectivity index (χ1) is 11.8. The standard InChI is InChI=1S/C15H20FN5O3S/c1-20(2)25(23,24)8-7-17-15(22)19-13-9-18-21(11-13)10-12-5-3-4-6-14(12)16/h3-6,9,11H,7-8,10H2,1-2H3,(H2,17,19,22). The van der Waals surface area contributed by atoms with Crippen LogP contribution in [-0.2, 0) is 16.6 Å². The number of nitrogens with zero attached hydrogens (tertiary/aromatic N) is 3. The molecule has 2 aromatic rings. The fourth-order valence-electron chi connectivity index (χ4n) is 1.97. The Morgan fingerprint density at radius 3 is 2.72 bits per heavy atom. The van der Waals surface area contributed by atoms with E-state index in [9.17, 15) is 17.6 Å². The van der Waals surface area contributed by atoms with Gasteiger partial charge in [-0.25, -0.2) is 21.9 Å². The molecule has 0 atom stereocenters. The lowest BCUT2D eigenvalue weighted by Crippen LogP contribution is -2.36. The van der Waals surface area contributed by atoms with Gasteiger partial charge in [-0.1, -0.05) is 18.2 Å². The minimum atomic E-state index is -3.36. The van der Waals surface area contributed by atoms with Gasteiger partial charge in [-0.3, -0.25) is 4.68 Å². The molecular weight excluding hydrogens is 349 g/mol. The van der Waals surface area contributed by atoms with Gasteiger partial charge >= 0.3 is 6.03 Å². The molecule has 1 aromatic heterocycles. The van der Waals surface area contributed by atoms with E-state index >= 15 is 0 Å². The number of hydrogen-bond acceptors (Lipinski definition) is 4. The molecule has 2 N–H and O–H groups in total. The van der Waals surface area contributed by atoms with Gasteiger partial charge < -0.3 is 10.6 Å². The first-order valence-electron chi connectivity index (χ1n) is 7.49. The lowest BCUT2D eigenvalue weighted by Gasteiger charge is -2.11. The van der Waals surface area contributed by atoms with Crippen molar-refractivity contribution in [2.75, 3.05) is 31.7 Å². The summed E-state index contributed by atoms with van der Waals surface area (Å²) in [6, 6.07) is 5.82. The molecule has 0 unspecified atom stereocenters. The number of rotatable bonds is 7. The average Bonchev–Trinajstić information content (AvgIpc) is 2.96. The summed E-state index contributed by atoms with van der Waals surface area (Å²) >= 11 is 0. The third kappa shape index (κ3) is 5.54. The normalized spacial score (nSPS) is 11.5. The van der Waals surface area contributed by atoms with Gasteiger partial charge in [0.25, 0.3) is 0 Å². The molecule has 8 nitrogen and oxygen atoms in total. The van der Waals surface area contributed by atoms with Crippen LogP contribution in [0.15, 0.2) is 36.7 Å². The highest BCUT2D eigenvalue weighted by molar-refractivity contribution is 7.89. The Balaban J connectivity index is 1.84. The monoisotopic (exact) mass is 369 g/mol. The van der Waals surface area contributed by atoms with E-state index in [1.54, 1.807) is 24.4 Å². The first kappa shape index (κ1) is 18.9. The fourth-order valence-corrected chi connectivity index (χ4v) is 2.69. The largest absolute Gasteiger partial charge is 0.337 e. The Hall–Kier alpha value is -2.46. The molecule has 0 fully saturated rings. The molecule has 136 valence electrons. The van der Waals surface area contributed by atoms with E-state index in [2.05, 4.69) is 15.7 Å². The van der Waals surface area contributed by atoms with Crippen LogP contribution >= 0.6 is 0 Å². The number of aromatic nitrogens is 2. The molecule has 0 aliphatic rings. The summed E-state index contributed by atoms with van der Waals surface area (Å²) in [7, 11) is -0.503. The molecular formula is C15H20FN5O3S. The summed E-state index contributed by atoms with van der Waals surface area (Å²) in [4.78, 5) is 11.8. The van der Waals surface area contributed by atoms with Crippen molar-refractivity contribution >= 4 is 21.7 Å². The average molecular weight is 369 g/mol. The Labute approximate surface area is 145 Å². The smallest absolute Gasteiger partial charge is 0.319 e. The molecule has 1 heterocycles. The van der Waals surface area contributed by atoms with Crippen LogP contribution in [0, 0.1) is 5.82 Å². The predicted molar refractivity (Wildman–Crippen MR) is 92.2 cm³/mol. The van der Waals surface area contributed by atoms with Crippen molar-refractivity contribution in [3.05, 3.63) is 48.0 Å². The van der Waals surface area contributed by atoms with E-state index in [1.807, 2.05) is 0 Å². The number of hydrogen-bond donors (Lipinski definition) is 2. The number of sulfonamides is 1. The molecule has 10 heteroatoms. The van der Waals surface area contributed by atoms with Crippen LogP contribution in [0.3, 0.4) is 0 Å². The summed E-state index contributed by atoms with van der Waals surface area (Å²) < 4.78 is 39.4. The van der Waals surface area contributed by atoms with Crippen LogP contribution in [0.2, 0.25) is 0 Å². The Morgan fingerprint density at radius 2 is 2.04 bits per heavy atom. The van der Waals surface area contributed by atoms with E-state index in [0.29, 0.717) is 11.3 Å².